The predicted octanol–water partition coefficient (Wildman–Crippen LogP) is 2.56. The molecule has 90 valence electrons. The standard InChI is InChI=1S/C11H10BrNO3S/c1-2-8(6-13)17(16)10-5-7(12)3-4-9(10)11(14)15/h3-5,8H,2H2,1H3,(H,14,15). The van der Waals surface area contributed by atoms with Gasteiger partial charge < -0.3 is 5.11 Å². The molecule has 2 unspecified atom stereocenters. The highest BCUT2D eigenvalue weighted by molar-refractivity contribution is 9.10. The van der Waals surface area contributed by atoms with E-state index in [1.165, 1.54) is 12.1 Å². The Balaban J connectivity index is 3.29. The van der Waals surface area contributed by atoms with Crippen molar-refractivity contribution in [3.05, 3.63) is 28.2 Å². The number of hydrogen-bond donors (Lipinski definition) is 1. The highest BCUT2D eigenvalue weighted by atomic mass is 79.9. The molecular weight excluding hydrogens is 306 g/mol. The second-order valence-corrected chi connectivity index (χ2v) is 5.79. The molecule has 6 heteroatoms. The van der Waals surface area contributed by atoms with E-state index >= 15 is 0 Å². The van der Waals surface area contributed by atoms with E-state index < -0.39 is 22.0 Å². The molecule has 17 heavy (non-hydrogen) atoms. The highest BCUT2D eigenvalue weighted by Gasteiger charge is 2.22. The van der Waals surface area contributed by atoms with Crippen LogP contribution >= 0.6 is 15.9 Å². The van der Waals surface area contributed by atoms with Gasteiger partial charge in [-0.1, -0.05) is 22.9 Å². The van der Waals surface area contributed by atoms with Crippen molar-refractivity contribution in [2.24, 2.45) is 0 Å². The SMILES string of the molecule is CCC(C#N)S(=O)c1cc(Br)ccc1C(=O)O. The van der Waals surface area contributed by atoms with Crippen molar-refractivity contribution in [3.63, 3.8) is 0 Å². The van der Waals surface area contributed by atoms with Crippen molar-refractivity contribution in [2.75, 3.05) is 0 Å². The average Bonchev–Trinajstić information content (AvgIpc) is 2.29. The van der Waals surface area contributed by atoms with Crippen LogP contribution in [0.2, 0.25) is 0 Å². The summed E-state index contributed by atoms with van der Waals surface area (Å²) in [6.45, 7) is 1.74. The molecule has 0 heterocycles. The van der Waals surface area contributed by atoms with Gasteiger partial charge in [-0.2, -0.15) is 5.26 Å². The van der Waals surface area contributed by atoms with Crippen molar-refractivity contribution < 1.29 is 14.1 Å². The number of nitrogens with zero attached hydrogens (tertiary/aromatic N) is 1. The number of carboxylic acids is 1. The lowest BCUT2D eigenvalue weighted by Crippen LogP contribution is -2.15. The van der Waals surface area contributed by atoms with Crippen LogP contribution in [0.4, 0.5) is 0 Å². The summed E-state index contributed by atoms with van der Waals surface area (Å²) in [6, 6.07) is 6.36. The molecule has 1 N–H and O–H groups in total. The topological polar surface area (TPSA) is 78.2 Å². The highest BCUT2D eigenvalue weighted by Crippen LogP contribution is 2.23. The van der Waals surface area contributed by atoms with Crippen molar-refractivity contribution in [1.29, 1.82) is 5.26 Å². The first-order valence-electron chi connectivity index (χ1n) is 4.84. The lowest BCUT2D eigenvalue weighted by molar-refractivity contribution is 0.0693. The molecule has 0 aliphatic rings. The summed E-state index contributed by atoms with van der Waals surface area (Å²) in [5.74, 6) is -1.14. The van der Waals surface area contributed by atoms with Gasteiger partial charge in [0.1, 0.15) is 5.25 Å². The summed E-state index contributed by atoms with van der Waals surface area (Å²) in [6.07, 6.45) is 0.411. The predicted molar refractivity (Wildman–Crippen MR) is 67.2 cm³/mol. The molecule has 2 atom stereocenters. The Morgan fingerprint density at radius 1 is 1.65 bits per heavy atom. The normalized spacial score (nSPS) is 13.7. The van der Waals surface area contributed by atoms with Crippen LogP contribution in [0.25, 0.3) is 0 Å². The smallest absolute Gasteiger partial charge is 0.336 e. The number of aromatic carboxylic acids is 1. The average molecular weight is 316 g/mol. The largest absolute Gasteiger partial charge is 0.478 e. The molecule has 0 saturated carbocycles. The Hall–Kier alpha value is -1.19. The fourth-order valence-electron chi connectivity index (χ4n) is 1.28. The van der Waals surface area contributed by atoms with Gasteiger partial charge in [0.15, 0.2) is 0 Å². The van der Waals surface area contributed by atoms with Gasteiger partial charge in [-0.05, 0) is 24.6 Å². The van der Waals surface area contributed by atoms with E-state index in [9.17, 15) is 9.00 Å². The third-order valence-corrected chi connectivity index (χ3v) is 4.38. The van der Waals surface area contributed by atoms with E-state index in [0.717, 1.165) is 0 Å². The zero-order valence-corrected chi connectivity index (χ0v) is 11.4. The quantitative estimate of drug-likeness (QED) is 0.926. The van der Waals surface area contributed by atoms with Gasteiger partial charge in [-0.15, -0.1) is 0 Å². The molecule has 1 aromatic carbocycles. The fraction of sp³-hybridized carbons (Fsp3) is 0.273. The third-order valence-electron chi connectivity index (χ3n) is 2.16. The van der Waals surface area contributed by atoms with Crippen LogP contribution < -0.4 is 0 Å². The molecule has 0 aliphatic carbocycles. The maximum Gasteiger partial charge on any atom is 0.336 e. The van der Waals surface area contributed by atoms with Crippen LogP contribution in [0.1, 0.15) is 23.7 Å². The Bertz CT molecular complexity index is 510. The molecule has 0 spiro atoms. The summed E-state index contributed by atoms with van der Waals surface area (Å²) in [5.41, 5.74) is -0.0276. The van der Waals surface area contributed by atoms with Crippen LogP contribution in [-0.2, 0) is 10.8 Å². The van der Waals surface area contributed by atoms with Gasteiger partial charge >= 0.3 is 5.97 Å². The number of carbonyl (C=O) groups is 1. The van der Waals surface area contributed by atoms with E-state index in [0.29, 0.717) is 10.9 Å². The van der Waals surface area contributed by atoms with Crippen LogP contribution in [0, 0.1) is 11.3 Å². The molecule has 0 saturated heterocycles. The van der Waals surface area contributed by atoms with Gasteiger partial charge in [0.2, 0.25) is 0 Å². The van der Waals surface area contributed by atoms with Gasteiger partial charge in [0.05, 0.1) is 27.3 Å². The number of halogens is 1. The first-order chi connectivity index (χ1) is 8.01. The summed E-state index contributed by atoms with van der Waals surface area (Å²) in [5, 5.41) is 17.2. The minimum Gasteiger partial charge on any atom is -0.478 e. The first kappa shape index (κ1) is 13.9. The molecule has 4 nitrogen and oxygen atoms in total. The third kappa shape index (κ3) is 3.14. The molecule has 0 fully saturated rings. The van der Waals surface area contributed by atoms with E-state index in [1.807, 2.05) is 6.07 Å². The van der Waals surface area contributed by atoms with Crippen molar-refractivity contribution in [2.45, 2.75) is 23.5 Å². The van der Waals surface area contributed by atoms with Gasteiger partial charge in [0.25, 0.3) is 0 Å². The molecule has 1 aromatic rings. The van der Waals surface area contributed by atoms with E-state index in [-0.39, 0.29) is 10.5 Å². The van der Waals surface area contributed by atoms with E-state index in [4.69, 9.17) is 10.4 Å². The van der Waals surface area contributed by atoms with E-state index in [1.54, 1.807) is 13.0 Å². The van der Waals surface area contributed by atoms with Gasteiger partial charge in [-0.25, -0.2) is 4.79 Å². The van der Waals surface area contributed by atoms with Crippen LogP contribution in [0.15, 0.2) is 27.6 Å². The summed E-state index contributed by atoms with van der Waals surface area (Å²) >= 11 is 3.20. The summed E-state index contributed by atoms with van der Waals surface area (Å²) in [4.78, 5) is 11.2. The maximum absolute atomic E-state index is 12.1. The Kier molecular flexibility index (Phi) is 4.85. The number of carboxylic acid groups (broad SMARTS) is 1. The molecular formula is C11H10BrNO3S. The second-order valence-electron chi connectivity index (χ2n) is 3.27. The van der Waals surface area contributed by atoms with E-state index in [2.05, 4.69) is 15.9 Å². The van der Waals surface area contributed by atoms with Gasteiger partial charge in [0, 0.05) is 4.47 Å². The Morgan fingerprint density at radius 3 is 2.76 bits per heavy atom. The molecule has 0 aromatic heterocycles. The minimum absolute atomic E-state index is 0.0276. The fourth-order valence-corrected chi connectivity index (χ4v) is 3.12. The summed E-state index contributed by atoms with van der Waals surface area (Å²) < 4.78 is 12.7. The number of rotatable bonds is 4. The molecule has 0 aliphatic heterocycles. The monoisotopic (exact) mass is 315 g/mol. The number of hydrogen-bond acceptors (Lipinski definition) is 3. The lowest BCUT2D eigenvalue weighted by Gasteiger charge is -2.09. The molecule has 0 radical (unpaired) electrons. The summed E-state index contributed by atoms with van der Waals surface area (Å²) in [7, 11) is -1.64. The Labute approximate surface area is 110 Å². The number of nitriles is 1. The molecule has 0 bridgehead atoms. The van der Waals surface area contributed by atoms with Crippen LogP contribution in [0.5, 0.6) is 0 Å². The molecule has 1 rings (SSSR count). The van der Waals surface area contributed by atoms with Crippen molar-refractivity contribution >= 4 is 32.7 Å². The second kappa shape index (κ2) is 5.94. The Morgan fingerprint density at radius 2 is 2.29 bits per heavy atom. The first-order valence-corrected chi connectivity index (χ1v) is 6.84. The molecule has 0 amide bonds. The zero-order chi connectivity index (χ0) is 13.0. The maximum atomic E-state index is 12.1. The van der Waals surface area contributed by atoms with Crippen molar-refractivity contribution in [1.82, 2.24) is 0 Å². The van der Waals surface area contributed by atoms with Crippen molar-refractivity contribution in [3.8, 4) is 6.07 Å². The number of benzene rings is 1. The van der Waals surface area contributed by atoms with Crippen LogP contribution in [-0.4, -0.2) is 20.5 Å². The van der Waals surface area contributed by atoms with Gasteiger partial charge in [-0.3, -0.25) is 4.21 Å². The van der Waals surface area contributed by atoms with Crippen LogP contribution in [0.3, 0.4) is 0 Å². The zero-order valence-electron chi connectivity index (χ0n) is 9.01. The minimum atomic E-state index is -1.64. The lowest BCUT2D eigenvalue weighted by atomic mass is 10.2.